The summed E-state index contributed by atoms with van der Waals surface area (Å²) in [5, 5.41) is 11.5. The zero-order valence-corrected chi connectivity index (χ0v) is 10.7. The van der Waals surface area contributed by atoms with E-state index in [2.05, 4.69) is 11.4 Å². The number of nitrogens with one attached hydrogen (secondary N) is 1. The van der Waals surface area contributed by atoms with Crippen molar-refractivity contribution in [3.05, 3.63) is 0 Å². The maximum atomic E-state index is 11.6. The van der Waals surface area contributed by atoms with Crippen molar-refractivity contribution in [2.24, 2.45) is 0 Å². The standard InChI is InChI=1S/C12H20N2O3/c1-12(2,3)17-11(15)14-9(6-7-13)10-5-4-8-16-10/h9-10H,4-6,8H2,1-3H3,(H,14,15)/t9-,10?/m1/s1. The van der Waals surface area contributed by atoms with Crippen LogP contribution in [0.1, 0.15) is 40.0 Å². The summed E-state index contributed by atoms with van der Waals surface area (Å²) in [6, 6.07) is 1.78. The van der Waals surface area contributed by atoms with E-state index in [-0.39, 0.29) is 18.6 Å². The topological polar surface area (TPSA) is 71.3 Å². The largest absolute Gasteiger partial charge is 0.444 e. The van der Waals surface area contributed by atoms with Gasteiger partial charge in [0.2, 0.25) is 0 Å². The van der Waals surface area contributed by atoms with Crippen molar-refractivity contribution in [3.8, 4) is 6.07 Å². The van der Waals surface area contributed by atoms with Crippen LogP contribution in [0.4, 0.5) is 4.79 Å². The minimum atomic E-state index is -0.530. The second kappa shape index (κ2) is 5.87. The highest BCUT2D eigenvalue weighted by atomic mass is 16.6. The van der Waals surface area contributed by atoms with Crippen molar-refractivity contribution in [2.45, 2.75) is 57.8 Å². The number of hydrogen-bond acceptors (Lipinski definition) is 4. The lowest BCUT2D eigenvalue weighted by molar-refractivity contribution is 0.0372. The first-order valence-electron chi connectivity index (χ1n) is 5.90. The third-order valence-corrected chi connectivity index (χ3v) is 2.43. The van der Waals surface area contributed by atoms with Crippen molar-refractivity contribution >= 4 is 6.09 Å². The average molecular weight is 240 g/mol. The molecule has 17 heavy (non-hydrogen) atoms. The SMILES string of the molecule is CC(C)(C)OC(=O)N[C@H](CC#N)C1CCCO1. The van der Waals surface area contributed by atoms with Crippen molar-refractivity contribution < 1.29 is 14.3 Å². The van der Waals surface area contributed by atoms with Gasteiger partial charge in [0, 0.05) is 6.61 Å². The van der Waals surface area contributed by atoms with Crippen LogP contribution >= 0.6 is 0 Å². The van der Waals surface area contributed by atoms with E-state index in [0.29, 0.717) is 6.61 Å². The van der Waals surface area contributed by atoms with Crippen LogP contribution in [0.5, 0.6) is 0 Å². The fourth-order valence-electron chi connectivity index (χ4n) is 1.75. The van der Waals surface area contributed by atoms with Crippen molar-refractivity contribution in [3.63, 3.8) is 0 Å². The minimum absolute atomic E-state index is 0.0674. The monoisotopic (exact) mass is 240 g/mol. The molecular weight excluding hydrogens is 220 g/mol. The molecule has 1 aliphatic heterocycles. The Bertz CT molecular complexity index is 298. The number of nitrogens with zero attached hydrogens (tertiary/aromatic N) is 1. The molecule has 1 N–H and O–H groups in total. The maximum absolute atomic E-state index is 11.6. The predicted molar refractivity (Wildman–Crippen MR) is 62.4 cm³/mol. The van der Waals surface area contributed by atoms with Gasteiger partial charge in [0.1, 0.15) is 5.60 Å². The molecule has 0 aromatic carbocycles. The molecule has 0 aromatic rings. The number of nitriles is 1. The highest BCUT2D eigenvalue weighted by Crippen LogP contribution is 2.18. The van der Waals surface area contributed by atoms with Crippen LogP contribution < -0.4 is 5.32 Å². The number of ether oxygens (including phenoxy) is 2. The number of amides is 1. The molecule has 0 saturated carbocycles. The molecule has 1 amide bonds. The summed E-state index contributed by atoms with van der Waals surface area (Å²) in [7, 11) is 0. The Morgan fingerprint density at radius 3 is 2.82 bits per heavy atom. The van der Waals surface area contributed by atoms with E-state index in [0.717, 1.165) is 12.8 Å². The first-order valence-corrected chi connectivity index (χ1v) is 5.90. The number of hydrogen-bond donors (Lipinski definition) is 1. The third-order valence-electron chi connectivity index (χ3n) is 2.43. The van der Waals surface area contributed by atoms with E-state index in [1.807, 2.05) is 0 Å². The fourth-order valence-corrected chi connectivity index (χ4v) is 1.75. The molecule has 96 valence electrons. The molecule has 1 fully saturated rings. The molecule has 1 rings (SSSR count). The Hall–Kier alpha value is -1.28. The van der Waals surface area contributed by atoms with Crippen LogP contribution in [-0.4, -0.2) is 30.4 Å². The molecule has 0 aliphatic carbocycles. The summed E-state index contributed by atoms with van der Waals surface area (Å²) in [6.45, 7) is 6.11. The second-order valence-corrected chi connectivity index (χ2v) is 5.17. The molecule has 0 aromatic heterocycles. The molecule has 1 unspecified atom stereocenters. The maximum Gasteiger partial charge on any atom is 0.407 e. The molecular formula is C12H20N2O3. The third kappa shape index (κ3) is 5.05. The van der Waals surface area contributed by atoms with Crippen LogP contribution in [0.2, 0.25) is 0 Å². The summed E-state index contributed by atoms with van der Waals surface area (Å²) >= 11 is 0. The Labute approximate surface area is 102 Å². The zero-order chi connectivity index (χ0) is 12.9. The van der Waals surface area contributed by atoms with Gasteiger partial charge >= 0.3 is 6.09 Å². The van der Waals surface area contributed by atoms with Crippen molar-refractivity contribution in [1.82, 2.24) is 5.32 Å². The van der Waals surface area contributed by atoms with Gasteiger partial charge in [-0.2, -0.15) is 5.26 Å². The van der Waals surface area contributed by atoms with Gasteiger partial charge in [-0.1, -0.05) is 0 Å². The summed E-state index contributed by atoms with van der Waals surface area (Å²) in [6.07, 6.45) is 1.53. The smallest absolute Gasteiger partial charge is 0.407 e. The molecule has 1 saturated heterocycles. The Balaban J connectivity index is 2.49. The summed E-state index contributed by atoms with van der Waals surface area (Å²) in [5.74, 6) is 0. The van der Waals surface area contributed by atoms with Gasteiger partial charge < -0.3 is 14.8 Å². The molecule has 1 heterocycles. The number of carbonyl (C=O) groups excluding carboxylic acids is 1. The highest BCUT2D eigenvalue weighted by molar-refractivity contribution is 5.68. The van der Waals surface area contributed by atoms with Crippen LogP contribution in [0, 0.1) is 11.3 Å². The lowest BCUT2D eigenvalue weighted by Gasteiger charge is -2.25. The highest BCUT2D eigenvalue weighted by Gasteiger charge is 2.28. The van der Waals surface area contributed by atoms with Crippen molar-refractivity contribution in [2.75, 3.05) is 6.61 Å². The van der Waals surface area contributed by atoms with E-state index < -0.39 is 11.7 Å². The quantitative estimate of drug-likeness (QED) is 0.818. The first kappa shape index (κ1) is 13.8. The Morgan fingerprint density at radius 2 is 2.35 bits per heavy atom. The average Bonchev–Trinajstić information content (AvgIpc) is 2.66. The van der Waals surface area contributed by atoms with E-state index in [4.69, 9.17) is 14.7 Å². The van der Waals surface area contributed by atoms with E-state index in [1.165, 1.54) is 0 Å². The molecule has 0 spiro atoms. The van der Waals surface area contributed by atoms with Gasteiger partial charge in [-0.3, -0.25) is 0 Å². The Morgan fingerprint density at radius 1 is 1.65 bits per heavy atom. The van der Waals surface area contributed by atoms with Gasteiger partial charge in [-0.25, -0.2) is 4.79 Å². The normalized spacial score (nSPS) is 21.6. The Kier molecular flexibility index (Phi) is 4.76. The summed E-state index contributed by atoms with van der Waals surface area (Å²) < 4.78 is 10.6. The first-order chi connectivity index (χ1) is 7.92. The molecule has 0 radical (unpaired) electrons. The molecule has 2 atom stereocenters. The predicted octanol–water partition coefficient (Wildman–Crippen LogP) is 1.97. The zero-order valence-electron chi connectivity index (χ0n) is 10.7. The minimum Gasteiger partial charge on any atom is -0.444 e. The van der Waals surface area contributed by atoms with E-state index in [1.54, 1.807) is 20.8 Å². The van der Waals surface area contributed by atoms with Crippen LogP contribution in [0.25, 0.3) is 0 Å². The lowest BCUT2D eigenvalue weighted by atomic mass is 10.1. The lowest BCUT2D eigenvalue weighted by Crippen LogP contribution is -2.45. The molecule has 1 aliphatic rings. The fraction of sp³-hybridized carbons (Fsp3) is 0.833. The second-order valence-electron chi connectivity index (χ2n) is 5.17. The number of rotatable bonds is 3. The molecule has 5 heteroatoms. The van der Waals surface area contributed by atoms with Gasteiger partial charge in [0.05, 0.1) is 24.6 Å². The van der Waals surface area contributed by atoms with Crippen LogP contribution in [0.3, 0.4) is 0 Å². The van der Waals surface area contributed by atoms with E-state index in [9.17, 15) is 4.79 Å². The molecule has 5 nitrogen and oxygen atoms in total. The van der Waals surface area contributed by atoms with Gasteiger partial charge in [0.25, 0.3) is 0 Å². The van der Waals surface area contributed by atoms with Crippen LogP contribution in [0.15, 0.2) is 0 Å². The van der Waals surface area contributed by atoms with Gasteiger partial charge in [0.15, 0.2) is 0 Å². The number of carbonyl (C=O) groups is 1. The summed E-state index contributed by atoms with van der Waals surface area (Å²) in [4.78, 5) is 11.6. The van der Waals surface area contributed by atoms with Gasteiger partial charge in [-0.05, 0) is 33.6 Å². The summed E-state index contributed by atoms with van der Waals surface area (Å²) in [5.41, 5.74) is -0.530. The number of alkyl carbamates (subject to hydrolysis) is 1. The molecule has 0 bridgehead atoms. The van der Waals surface area contributed by atoms with Crippen LogP contribution in [-0.2, 0) is 9.47 Å². The van der Waals surface area contributed by atoms with E-state index >= 15 is 0 Å². The van der Waals surface area contributed by atoms with Crippen molar-refractivity contribution in [1.29, 1.82) is 5.26 Å². The van der Waals surface area contributed by atoms with Gasteiger partial charge in [-0.15, -0.1) is 0 Å².